The van der Waals surface area contributed by atoms with Gasteiger partial charge in [0.05, 0.1) is 5.69 Å². The third-order valence-electron chi connectivity index (χ3n) is 3.85. The van der Waals surface area contributed by atoms with Crippen molar-refractivity contribution >= 4 is 27.1 Å². The summed E-state index contributed by atoms with van der Waals surface area (Å²) < 4.78 is 3.02. The number of pyridine rings is 1. The van der Waals surface area contributed by atoms with Crippen LogP contribution < -0.4 is 4.90 Å². The second-order valence-electron chi connectivity index (χ2n) is 5.53. The molecule has 21 heavy (non-hydrogen) atoms. The number of aryl methyl sites for hydroxylation is 2. The molecule has 0 atom stereocenters. The number of rotatable bonds is 2. The second-order valence-corrected chi connectivity index (χ2v) is 6.28. The minimum Gasteiger partial charge on any atom is -0.376 e. The SMILES string of the molecule is Cc1ccc(-c2nc(Br)c3c(N(C)C)cccn23)cc1C. The zero-order valence-corrected chi connectivity index (χ0v) is 14.3. The van der Waals surface area contributed by atoms with Crippen molar-refractivity contribution in [2.75, 3.05) is 19.0 Å². The van der Waals surface area contributed by atoms with Crippen LogP contribution in [0.5, 0.6) is 0 Å². The predicted molar refractivity (Wildman–Crippen MR) is 92.1 cm³/mol. The number of hydrogen-bond acceptors (Lipinski definition) is 2. The Morgan fingerprint density at radius 2 is 1.86 bits per heavy atom. The van der Waals surface area contributed by atoms with Gasteiger partial charge in [0.25, 0.3) is 0 Å². The van der Waals surface area contributed by atoms with Gasteiger partial charge in [-0.15, -0.1) is 0 Å². The van der Waals surface area contributed by atoms with E-state index in [0.29, 0.717) is 0 Å². The van der Waals surface area contributed by atoms with Crippen LogP contribution >= 0.6 is 15.9 Å². The maximum atomic E-state index is 4.73. The molecule has 0 aliphatic heterocycles. The van der Waals surface area contributed by atoms with Crippen LogP contribution in [0.25, 0.3) is 16.9 Å². The largest absolute Gasteiger partial charge is 0.376 e. The first-order valence-electron chi connectivity index (χ1n) is 6.90. The molecule has 0 aliphatic carbocycles. The molecule has 0 saturated carbocycles. The lowest BCUT2D eigenvalue weighted by molar-refractivity contribution is 1.10. The fraction of sp³-hybridized carbons (Fsp3) is 0.235. The van der Waals surface area contributed by atoms with E-state index in [0.717, 1.165) is 27.2 Å². The Hall–Kier alpha value is -1.81. The van der Waals surface area contributed by atoms with Gasteiger partial charge in [-0.1, -0.05) is 12.1 Å². The lowest BCUT2D eigenvalue weighted by Gasteiger charge is -2.14. The summed E-state index contributed by atoms with van der Waals surface area (Å²) >= 11 is 3.61. The summed E-state index contributed by atoms with van der Waals surface area (Å²) in [6.07, 6.45) is 2.06. The van der Waals surface area contributed by atoms with Crippen molar-refractivity contribution in [2.45, 2.75) is 13.8 Å². The molecular formula is C17H18BrN3. The van der Waals surface area contributed by atoms with Crippen molar-refractivity contribution in [2.24, 2.45) is 0 Å². The van der Waals surface area contributed by atoms with Gasteiger partial charge in [-0.25, -0.2) is 4.98 Å². The molecule has 1 aromatic carbocycles. The van der Waals surface area contributed by atoms with E-state index in [4.69, 9.17) is 4.98 Å². The van der Waals surface area contributed by atoms with Crippen molar-refractivity contribution in [3.63, 3.8) is 0 Å². The van der Waals surface area contributed by atoms with E-state index in [9.17, 15) is 0 Å². The lowest BCUT2D eigenvalue weighted by Crippen LogP contribution is -2.09. The molecule has 0 saturated heterocycles. The molecule has 2 heterocycles. The fourth-order valence-electron chi connectivity index (χ4n) is 2.52. The molecule has 2 aromatic heterocycles. The Labute approximate surface area is 133 Å². The molecule has 3 aromatic rings. The van der Waals surface area contributed by atoms with Gasteiger partial charge >= 0.3 is 0 Å². The third-order valence-corrected chi connectivity index (χ3v) is 4.40. The number of halogens is 1. The molecule has 0 fully saturated rings. The van der Waals surface area contributed by atoms with Crippen LogP contribution in [-0.2, 0) is 0 Å². The van der Waals surface area contributed by atoms with Gasteiger partial charge in [0.1, 0.15) is 15.9 Å². The lowest BCUT2D eigenvalue weighted by atomic mass is 10.1. The van der Waals surface area contributed by atoms with E-state index in [1.165, 1.54) is 11.1 Å². The second kappa shape index (κ2) is 5.19. The first kappa shape index (κ1) is 14.1. The quantitative estimate of drug-likeness (QED) is 0.685. The van der Waals surface area contributed by atoms with Gasteiger partial charge in [-0.3, -0.25) is 4.40 Å². The molecule has 3 rings (SSSR count). The number of aromatic nitrogens is 2. The Bertz CT molecular complexity index is 818. The Morgan fingerprint density at radius 3 is 2.52 bits per heavy atom. The number of benzene rings is 1. The highest BCUT2D eigenvalue weighted by Crippen LogP contribution is 2.32. The maximum absolute atomic E-state index is 4.73. The van der Waals surface area contributed by atoms with Crippen molar-refractivity contribution in [3.8, 4) is 11.4 Å². The zero-order chi connectivity index (χ0) is 15.1. The topological polar surface area (TPSA) is 20.5 Å². The van der Waals surface area contributed by atoms with Crippen LogP contribution in [0.3, 0.4) is 0 Å². The van der Waals surface area contributed by atoms with Crippen LogP contribution in [0.2, 0.25) is 0 Å². The summed E-state index contributed by atoms with van der Waals surface area (Å²) in [5.74, 6) is 0.962. The first-order chi connectivity index (χ1) is 9.99. The summed E-state index contributed by atoms with van der Waals surface area (Å²) in [5, 5.41) is 0. The van der Waals surface area contributed by atoms with E-state index in [1.54, 1.807) is 0 Å². The molecule has 0 spiro atoms. The van der Waals surface area contributed by atoms with E-state index < -0.39 is 0 Å². The minimum absolute atomic E-state index is 0.875. The molecule has 0 aliphatic rings. The summed E-state index contributed by atoms with van der Waals surface area (Å²) in [6.45, 7) is 4.26. The summed E-state index contributed by atoms with van der Waals surface area (Å²) in [5.41, 5.74) is 5.95. The van der Waals surface area contributed by atoms with E-state index >= 15 is 0 Å². The normalized spacial score (nSPS) is 11.1. The number of anilines is 1. The van der Waals surface area contributed by atoms with Gasteiger partial charge in [-0.2, -0.15) is 0 Å². The molecule has 0 bridgehead atoms. The molecule has 4 heteroatoms. The monoisotopic (exact) mass is 343 g/mol. The van der Waals surface area contributed by atoms with E-state index in [2.05, 4.69) is 75.6 Å². The molecular weight excluding hydrogens is 326 g/mol. The maximum Gasteiger partial charge on any atom is 0.145 e. The van der Waals surface area contributed by atoms with E-state index in [1.807, 2.05) is 14.1 Å². The number of imidazole rings is 1. The van der Waals surface area contributed by atoms with Crippen LogP contribution in [-0.4, -0.2) is 23.5 Å². The molecule has 108 valence electrons. The Kier molecular flexibility index (Phi) is 3.49. The van der Waals surface area contributed by atoms with Crippen LogP contribution in [0.4, 0.5) is 5.69 Å². The molecule has 0 N–H and O–H groups in total. The molecule has 0 amide bonds. The van der Waals surface area contributed by atoms with Crippen LogP contribution in [0.1, 0.15) is 11.1 Å². The Morgan fingerprint density at radius 1 is 1.10 bits per heavy atom. The van der Waals surface area contributed by atoms with Crippen molar-refractivity contribution in [3.05, 3.63) is 52.3 Å². The first-order valence-corrected chi connectivity index (χ1v) is 7.70. The zero-order valence-electron chi connectivity index (χ0n) is 12.7. The van der Waals surface area contributed by atoms with Gasteiger partial charge in [-0.05, 0) is 59.1 Å². The summed E-state index contributed by atoms with van der Waals surface area (Å²) in [4.78, 5) is 6.83. The highest BCUT2D eigenvalue weighted by atomic mass is 79.9. The van der Waals surface area contributed by atoms with Gasteiger partial charge < -0.3 is 4.90 Å². The molecule has 3 nitrogen and oxygen atoms in total. The summed E-state index contributed by atoms with van der Waals surface area (Å²) in [6, 6.07) is 10.6. The highest BCUT2D eigenvalue weighted by Gasteiger charge is 2.15. The van der Waals surface area contributed by atoms with Crippen LogP contribution in [0, 0.1) is 13.8 Å². The smallest absolute Gasteiger partial charge is 0.145 e. The van der Waals surface area contributed by atoms with Gasteiger partial charge in [0.2, 0.25) is 0 Å². The third kappa shape index (κ3) is 2.33. The number of fused-ring (bicyclic) bond motifs is 1. The molecule has 0 unspecified atom stereocenters. The predicted octanol–water partition coefficient (Wildman–Crippen LogP) is 4.45. The highest BCUT2D eigenvalue weighted by molar-refractivity contribution is 9.10. The minimum atomic E-state index is 0.875. The molecule has 0 radical (unpaired) electrons. The average molecular weight is 344 g/mol. The average Bonchev–Trinajstić information content (AvgIpc) is 2.79. The van der Waals surface area contributed by atoms with Crippen molar-refractivity contribution in [1.29, 1.82) is 0 Å². The van der Waals surface area contributed by atoms with Crippen molar-refractivity contribution < 1.29 is 0 Å². The van der Waals surface area contributed by atoms with Crippen molar-refractivity contribution in [1.82, 2.24) is 9.38 Å². The number of hydrogen-bond donors (Lipinski definition) is 0. The van der Waals surface area contributed by atoms with E-state index in [-0.39, 0.29) is 0 Å². The van der Waals surface area contributed by atoms with Gasteiger partial charge in [0.15, 0.2) is 0 Å². The standard InChI is InChI=1S/C17H18BrN3/c1-11-7-8-13(10-12(11)2)17-19-16(18)15-14(20(3)4)6-5-9-21(15)17/h5-10H,1-4H3. The number of nitrogens with zero attached hydrogens (tertiary/aromatic N) is 3. The van der Waals surface area contributed by atoms with Gasteiger partial charge in [0, 0.05) is 25.9 Å². The fourth-order valence-corrected chi connectivity index (χ4v) is 3.09. The Balaban J connectivity index is 2.29. The summed E-state index contributed by atoms with van der Waals surface area (Å²) in [7, 11) is 4.09. The van der Waals surface area contributed by atoms with Crippen LogP contribution in [0.15, 0.2) is 41.1 Å².